The first-order valence-electron chi connectivity index (χ1n) is 19.3. The van der Waals surface area contributed by atoms with Crippen molar-refractivity contribution < 1.29 is 24.5 Å². The zero-order chi connectivity index (χ0) is 38.2. The Balaban J connectivity index is 0.000000195. The SMILES string of the molecule is CC(C)(c1ccnc(-c2[c-]cc(C#N)c3c2oc2c(-c4ccccc4)cccc23)c1)C1CCCC1.C[Si](C)(C)c1ccc(-c2[c-]ccc3ccccc23)nc1.[Ir]. The Morgan fingerprint density at radius 1 is 0.768 bits per heavy atom. The van der Waals surface area contributed by atoms with Gasteiger partial charge in [0.05, 0.1) is 13.7 Å². The Labute approximate surface area is 345 Å². The topological polar surface area (TPSA) is 62.7 Å². The molecule has 4 nitrogen and oxygen atoms in total. The van der Waals surface area contributed by atoms with Gasteiger partial charge in [0.1, 0.15) is 5.58 Å². The first kappa shape index (κ1) is 39.1. The van der Waals surface area contributed by atoms with Gasteiger partial charge in [-0.05, 0) is 68.9 Å². The molecule has 9 rings (SSSR count). The molecule has 6 heteroatoms. The molecule has 0 atom stereocenters. The number of hydrogen-bond acceptors (Lipinski definition) is 4. The summed E-state index contributed by atoms with van der Waals surface area (Å²) < 4.78 is 6.57. The number of fused-ring (bicyclic) bond motifs is 4. The normalized spacial score (nSPS) is 13.3. The van der Waals surface area contributed by atoms with E-state index >= 15 is 0 Å². The van der Waals surface area contributed by atoms with E-state index in [2.05, 4.69) is 129 Å². The van der Waals surface area contributed by atoms with Crippen LogP contribution in [0, 0.1) is 29.4 Å². The first-order chi connectivity index (χ1) is 26.6. The first-order valence-corrected chi connectivity index (χ1v) is 22.8. The van der Waals surface area contributed by atoms with Crippen LogP contribution in [-0.4, -0.2) is 18.0 Å². The molecule has 0 bridgehead atoms. The van der Waals surface area contributed by atoms with Crippen molar-refractivity contribution in [1.29, 1.82) is 5.26 Å². The fourth-order valence-electron chi connectivity index (χ4n) is 8.18. The Morgan fingerprint density at radius 3 is 2.25 bits per heavy atom. The van der Waals surface area contributed by atoms with Gasteiger partial charge in [0.15, 0.2) is 0 Å². The summed E-state index contributed by atoms with van der Waals surface area (Å²) in [4.78, 5) is 9.40. The van der Waals surface area contributed by atoms with Crippen molar-refractivity contribution in [2.24, 2.45) is 5.92 Å². The second-order valence-electron chi connectivity index (χ2n) is 16.3. The van der Waals surface area contributed by atoms with Crippen LogP contribution in [0.5, 0.6) is 0 Å². The van der Waals surface area contributed by atoms with Gasteiger partial charge >= 0.3 is 0 Å². The molecule has 5 aromatic carbocycles. The fourth-order valence-corrected chi connectivity index (χ4v) is 9.21. The van der Waals surface area contributed by atoms with Crippen molar-refractivity contribution in [3.63, 3.8) is 0 Å². The number of nitriles is 1. The summed E-state index contributed by atoms with van der Waals surface area (Å²) in [6.45, 7) is 11.7. The monoisotopic (exact) mass is 924 g/mol. The van der Waals surface area contributed by atoms with Gasteiger partial charge in [0, 0.05) is 49.5 Å². The number of pyridine rings is 2. The molecule has 1 fully saturated rings. The zero-order valence-corrected chi connectivity index (χ0v) is 36.0. The van der Waals surface area contributed by atoms with Gasteiger partial charge < -0.3 is 14.4 Å². The molecule has 8 aromatic rings. The minimum absolute atomic E-state index is 0. The molecule has 3 heterocycles. The maximum atomic E-state index is 9.91. The minimum atomic E-state index is -1.28. The van der Waals surface area contributed by atoms with Crippen LogP contribution < -0.4 is 5.19 Å². The van der Waals surface area contributed by atoms with Gasteiger partial charge in [-0.3, -0.25) is 0 Å². The molecule has 281 valence electrons. The summed E-state index contributed by atoms with van der Waals surface area (Å²) >= 11 is 0. The Morgan fingerprint density at radius 2 is 1.52 bits per heavy atom. The summed E-state index contributed by atoms with van der Waals surface area (Å²) in [5, 5.41) is 15.5. The number of para-hydroxylation sites is 1. The third kappa shape index (κ3) is 7.52. The Hall–Kier alpha value is -5.18. The van der Waals surface area contributed by atoms with E-state index < -0.39 is 8.07 Å². The average Bonchev–Trinajstić information content (AvgIpc) is 3.91. The van der Waals surface area contributed by atoms with Gasteiger partial charge in [-0.25, -0.2) is 5.26 Å². The molecular formula is C50H45IrN3OSi-2. The van der Waals surface area contributed by atoms with E-state index in [0.717, 1.165) is 50.0 Å². The minimum Gasteiger partial charge on any atom is -0.500 e. The summed E-state index contributed by atoms with van der Waals surface area (Å²) in [6, 6.07) is 48.3. The van der Waals surface area contributed by atoms with Crippen LogP contribution in [0.1, 0.15) is 50.7 Å². The molecule has 1 saturated carbocycles. The number of benzene rings is 5. The van der Waals surface area contributed by atoms with Gasteiger partial charge in [0.2, 0.25) is 0 Å². The third-order valence-electron chi connectivity index (χ3n) is 11.5. The summed E-state index contributed by atoms with van der Waals surface area (Å²) in [6.07, 6.45) is 9.14. The maximum absolute atomic E-state index is 9.91. The molecular weight excluding hydrogens is 879 g/mol. The molecule has 0 aliphatic heterocycles. The van der Waals surface area contributed by atoms with Gasteiger partial charge in [-0.1, -0.05) is 148 Å². The molecule has 0 unspecified atom stereocenters. The number of nitrogens with zero attached hydrogens (tertiary/aromatic N) is 3. The summed E-state index contributed by atoms with van der Waals surface area (Å²) in [5.74, 6) is 0.683. The van der Waals surface area contributed by atoms with Crippen LogP contribution in [0.15, 0.2) is 132 Å². The van der Waals surface area contributed by atoms with E-state index in [1.54, 1.807) is 6.07 Å². The van der Waals surface area contributed by atoms with Gasteiger partial charge in [0.25, 0.3) is 0 Å². The molecule has 0 saturated heterocycles. The second kappa shape index (κ2) is 16.1. The van der Waals surface area contributed by atoms with Crippen molar-refractivity contribution in [1.82, 2.24) is 9.97 Å². The van der Waals surface area contributed by atoms with Crippen LogP contribution in [0.25, 0.3) is 66.4 Å². The average molecular weight is 924 g/mol. The predicted molar refractivity (Wildman–Crippen MR) is 230 cm³/mol. The van der Waals surface area contributed by atoms with Crippen molar-refractivity contribution in [3.05, 3.63) is 151 Å². The van der Waals surface area contributed by atoms with Crippen LogP contribution in [0.3, 0.4) is 0 Å². The van der Waals surface area contributed by atoms with E-state index in [1.807, 2.05) is 48.8 Å². The van der Waals surface area contributed by atoms with Crippen molar-refractivity contribution in [2.75, 3.05) is 0 Å². The van der Waals surface area contributed by atoms with Crippen LogP contribution in [0.2, 0.25) is 19.6 Å². The maximum Gasteiger partial charge on any atom is 0.128 e. The van der Waals surface area contributed by atoms with Crippen LogP contribution >= 0.6 is 0 Å². The van der Waals surface area contributed by atoms with E-state index in [0.29, 0.717) is 17.1 Å². The third-order valence-corrected chi connectivity index (χ3v) is 13.5. The smallest absolute Gasteiger partial charge is 0.128 e. The van der Waals surface area contributed by atoms with E-state index in [1.165, 1.54) is 47.2 Å². The molecule has 1 radical (unpaired) electrons. The largest absolute Gasteiger partial charge is 0.500 e. The number of hydrogen-bond donors (Lipinski definition) is 0. The Bertz CT molecular complexity index is 2680. The summed E-state index contributed by atoms with van der Waals surface area (Å²) in [5.41, 5.74) is 9.22. The molecule has 0 spiro atoms. The molecule has 0 amide bonds. The number of aromatic nitrogens is 2. The fraction of sp³-hybridized carbons (Fsp3) is 0.220. The molecule has 0 N–H and O–H groups in total. The number of furan rings is 1. The van der Waals surface area contributed by atoms with E-state index in [9.17, 15) is 5.26 Å². The van der Waals surface area contributed by atoms with Crippen molar-refractivity contribution in [3.8, 4) is 39.7 Å². The standard InChI is InChI=1S/C32H27N2O.C18H18NSi.Ir/c1-32(2,23-11-6-7-12-23)24-17-18-34-28(19-24)26-16-15-22(20-33)29-27-14-8-13-25(30(27)35-31(26)29)21-9-4-3-5-10-21;1-20(2,3)15-11-12-18(19-13-15)17-10-6-8-14-7-4-5-9-16(14)17;/h3-5,8-10,13-15,17-19,23H,6-7,11-12H2,1-2H3;4-9,11-13H,1-3H3;/q2*-1;. The van der Waals surface area contributed by atoms with Gasteiger partial charge in [-0.2, -0.15) is 0 Å². The zero-order valence-electron chi connectivity index (χ0n) is 32.6. The van der Waals surface area contributed by atoms with E-state index in [-0.39, 0.29) is 25.5 Å². The molecule has 3 aromatic heterocycles. The van der Waals surface area contributed by atoms with Crippen molar-refractivity contribution in [2.45, 2.75) is 64.6 Å². The molecule has 56 heavy (non-hydrogen) atoms. The second-order valence-corrected chi connectivity index (χ2v) is 21.4. The predicted octanol–water partition coefficient (Wildman–Crippen LogP) is 12.7. The quantitative estimate of drug-likeness (QED) is 0.123. The Kier molecular flexibility index (Phi) is 11.2. The van der Waals surface area contributed by atoms with Gasteiger partial charge in [-0.15, -0.1) is 41.3 Å². The van der Waals surface area contributed by atoms with Crippen LogP contribution in [0.4, 0.5) is 0 Å². The van der Waals surface area contributed by atoms with Crippen molar-refractivity contribution >= 4 is 46.0 Å². The summed E-state index contributed by atoms with van der Waals surface area (Å²) in [7, 11) is -1.28. The van der Waals surface area contributed by atoms with E-state index in [4.69, 9.17) is 9.40 Å². The van der Waals surface area contributed by atoms with Crippen LogP contribution in [-0.2, 0) is 25.5 Å². The number of rotatable bonds is 6. The molecule has 1 aliphatic rings. The molecule has 1 aliphatic carbocycles.